The summed E-state index contributed by atoms with van der Waals surface area (Å²) < 4.78 is 38.1. The molecule has 17 heavy (non-hydrogen) atoms. The minimum Gasteiger partial charge on any atom is -0.244 e. The Bertz CT molecular complexity index is 535. The number of pyridine rings is 1. The van der Waals surface area contributed by atoms with E-state index >= 15 is 0 Å². The van der Waals surface area contributed by atoms with Gasteiger partial charge >= 0.3 is 6.18 Å². The highest BCUT2D eigenvalue weighted by atomic mass is 35.5. The van der Waals surface area contributed by atoms with E-state index in [2.05, 4.69) is 10.1 Å². The average molecular weight is 264 g/mol. The molecule has 2 rings (SSSR count). The number of hydrogen-bond donors (Lipinski definition) is 0. The van der Waals surface area contributed by atoms with Crippen LogP contribution in [-0.4, -0.2) is 20.9 Å². The Balaban J connectivity index is 2.38. The van der Waals surface area contributed by atoms with E-state index < -0.39 is 18.6 Å². The van der Waals surface area contributed by atoms with Crippen molar-refractivity contribution in [1.82, 2.24) is 14.8 Å². The molecule has 2 aromatic heterocycles. The van der Waals surface area contributed by atoms with Gasteiger partial charge in [-0.2, -0.15) is 18.3 Å². The number of nitrogens with zero attached hydrogens (tertiary/aromatic N) is 3. The zero-order valence-electron chi connectivity index (χ0n) is 8.87. The van der Waals surface area contributed by atoms with Gasteiger partial charge in [-0.05, 0) is 19.1 Å². The summed E-state index contributed by atoms with van der Waals surface area (Å²) in [5.41, 5.74) is 0.370. The highest BCUT2D eigenvalue weighted by Crippen LogP contribution is 2.29. The molecule has 1 atom stereocenters. The Hall–Kier alpha value is -1.30. The molecule has 0 saturated carbocycles. The molecule has 0 aliphatic carbocycles. The second-order valence-corrected chi connectivity index (χ2v) is 4.19. The van der Waals surface area contributed by atoms with Crippen molar-refractivity contribution in [2.24, 2.45) is 0 Å². The smallest absolute Gasteiger partial charge is 0.244 e. The predicted molar refractivity (Wildman–Crippen MR) is 57.9 cm³/mol. The summed E-state index contributed by atoms with van der Waals surface area (Å²) in [6.45, 7) is 1.45. The fraction of sp³-hybridized carbons (Fsp3) is 0.400. The molecule has 1 unspecified atom stereocenters. The maximum atomic E-state index is 12.3. The third-order valence-corrected chi connectivity index (χ3v) is 2.56. The van der Waals surface area contributed by atoms with Crippen LogP contribution >= 0.6 is 11.6 Å². The number of halogens is 4. The molecule has 0 bridgehead atoms. The Kier molecular flexibility index (Phi) is 2.99. The highest BCUT2D eigenvalue weighted by molar-refractivity contribution is 6.29. The van der Waals surface area contributed by atoms with Crippen molar-refractivity contribution in [2.75, 3.05) is 0 Å². The Morgan fingerprint density at radius 3 is 2.76 bits per heavy atom. The third-order valence-electron chi connectivity index (χ3n) is 2.35. The summed E-state index contributed by atoms with van der Waals surface area (Å²) in [6, 6.07) is 2.44. The lowest BCUT2D eigenvalue weighted by molar-refractivity contribution is -0.142. The molecule has 2 aromatic rings. The van der Waals surface area contributed by atoms with Gasteiger partial charge in [0, 0.05) is 5.39 Å². The van der Waals surface area contributed by atoms with Gasteiger partial charge in [0.15, 0.2) is 5.65 Å². The maximum Gasteiger partial charge on any atom is 0.391 e. The predicted octanol–water partition coefficient (Wildman–Crippen LogP) is 3.60. The average Bonchev–Trinajstić information content (AvgIpc) is 2.57. The highest BCUT2D eigenvalue weighted by Gasteiger charge is 2.31. The van der Waals surface area contributed by atoms with Crippen LogP contribution in [0.25, 0.3) is 11.0 Å². The molecular weight excluding hydrogens is 255 g/mol. The summed E-state index contributed by atoms with van der Waals surface area (Å²) >= 11 is 5.71. The van der Waals surface area contributed by atoms with E-state index in [9.17, 15) is 13.2 Å². The second-order valence-electron chi connectivity index (χ2n) is 3.80. The molecule has 0 N–H and O–H groups in total. The fourth-order valence-electron chi connectivity index (χ4n) is 1.64. The zero-order valence-corrected chi connectivity index (χ0v) is 9.63. The summed E-state index contributed by atoms with van der Waals surface area (Å²) in [5, 5.41) is 4.82. The van der Waals surface area contributed by atoms with Crippen molar-refractivity contribution in [3.63, 3.8) is 0 Å². The van der Waals surface area contributed by atoms with Crippen molar-refractivity contribution in [3.05, 3.63) is 23.5 Å². The van der Waals surface area contributed by atoms with E-state index in [4.69, 9.17) is 11.6 Å². The Morgan fingerprint density at radius 2 is 2.12 bits per heavy atom. The van der Waals surface area contributed by atoms with Gasteiger partial charge in [-0.3, -0.25) is 0 Å². The molecular formula is C10H9ClF3N3. The van der Waals surface area contributed by atoms with Crippen molar-refractivity contribution in [1.29, 1.82) is 0 Å². The lowest BCUT2D eigenvalue weighted by atomic mass is 10.2. The zero-order chi connectivity index (χ0) is 12.6. The van der Waals surface area contributed by atoms with Crippen molar-refractivity contribution < 1.29 is 13.2 Å². The van der Waals surface area contributed by atoms with Crippen molar-refractivity contribution in [3.8, 4) is 0 Å². The minimum atomic E-state index is -4.23. The topological polar surface area (TPSA) is 30.7 Å². The molecule has 2 heterocycles. The van der Waals surface area contributed by atoms with E-state index in [1.165, 1.54) is 17.8 Å². The fourth-order valence-corrected chi connectivity index (χ4v) is 1.79. The molecule has 0 aliphatic heterocycles. The van der Waals surface area contributed by atoms with E-state index in [-0.39, 0.29) is 5.15 Å². The molecule has 0 fully saturated rings. The number of aromatic nitrogens is 3. The van der Waals surface area contributed by atoms with E-state index in [1.54, 1.807) is 12.1 Å². The standard InChI is InChI=1S/C10H9ClF3N3/c1-6(4-10(12,13)14)17-9-7(5-15-17)2-3-8(11)16-9/h2-3,5-6H,4H2,1H3. The van der Waals surface area contributed by atoms with E-state index in [0.29, 0.717) is 11.0 Å². The van der Waals surface area contributed by atoms with Gasteiger partial charge < -0.3 is 0 Å². The van der Waals surface area contributed by atoms with Crippen LogP contribution in [0.3, 0.4) is 0 Å². The molecule has 7 heteroatoms. The number of hydrogen-bond acceptors (Lipinski definition) is 2. The monoisotopic (exact) mass is 263 g/mol. The first kappa shape index (κ1) is 12.2. The van der Waals surface area contributed by atoms with Crippen molar-refractivity contribution >= 4 is 22.6 Å². The summed E-state index contributed by atoms with van der Waals surface area (Å²) in [6.07, 6.45) is -3.69. The van der Waals surface area contributed by atoms with E-state index in [0.717, 1.165) is 0 Å². The van der Waals surface area contributed by atoms with Gasteiger partial charge in [0.2, 0.25) is 0 Å². The van der Waals surface area contributed by atoms with Gasteiger partial charge in [0.05, 0.1) is 18.7 Å². The molecule has 92 valence electrons. The van der Waals surface area contributed by atoms with Crippen LogP contribution in [0.1, 0.15) is 19.4 Å². The minimum absolute atomic E-state index is 0.235. The Morgan fingerprint density at radius 1 is 1.41 bits per heavy atom. The second kappa shape index (κ2) is 4.18. The SMILES string of the molecule is CC(CC(F)(F)F)n1ncc2ccc(Cl)nc21. The maximum absolute atomic E-state index is 12.3. The molecule has 0 saturated heterocycles. The van der Waals surface area contributed by atoms with Gasteiger partial charge in [-0.1, -0.05) is 11.6 Å². The summed E-state index contributed by atoms with van der Waals surface area (Å²) in [4.78, 5) is 3.99. The number of fused-ring (bicyclic) bond motifs is 1. The molecule has 0 spiro atoms. The van der Waals surface area contributed by atoms with Gasteiger partial charge in [0.25, 0.3) is 0 Å². The summed E-state index contributed by atoms with van der Waals surface area (Å²) in [7, 11) is 0. The first-order chi connectivity index (χ1) is 7.87. The molecule has 0 radical (unpaired) electrons. The number of alkyl halides is 3. The van der Waals surface area contributed by atoms with Crippen LogP contribution in [0.2, 0.25) is 5.15 Å². The largest absolute Gasteiger partial charge is 0.391 e. The van der Waals surface area contributed by atoms with Crippen molar-refractivity contribution in [2.45, 2.75) is 25.6 Å². The first-order valence-corrected chi connectivity index (χ1v) is 5.31. The van der Waals surface area contributed by atoms with Gasteiger partial charge in [-0.25, -0.2) is 9.67 Å². The normalized spacial score (nSPS) is 14.2. The lowest BCUT2D eigenvalue weighted by Gasteiger charge is -2.14. The van der Waals surface area contributed by atoms with Gasteiger partial charge in [0.1, 0.15) is 5.15 Å². The van der Waals surface area contributed by atoms with Crippen LogP contribution in [0.15, 0.2) is 18.3 Å². The van der Waals surface area contributed by atoms with Crippen LogP contribution in [0, 0.1) is 0 Å². The lowest BCUT2D eigenvalue weighted by Crippen LogP contribution is -2.17. The Labute approximate surface area is 100 Å². The molecule has 0 aromatic carbocycles. The molecule has 0 aliphatic rings. The van der Waals surface area contributed by atoms with Crippen LogP contribution in [0.5, 0.6) is 0 Å². The van der Waals surface area contributed by atoms with Crippen LogP contribution in [-0.2, 0) is 0 Å². The van der Waals surface area contributed by atoms with Crippen LogP contribution in [0.4, 0.5) is 13.2 Å². The van der Waals surface area contributed by atoms with Gasteiger partial charge in [-0.15, -0.1) is 0 Å². The first-order valence-electron chi connectivity index (χ1n) is 4.93. The van der Waals surface area contributed by atoms with Crippen LogP contribution < -0.4 is 0 Å². The quantitative estimate of drug-likeness (QED) is 0.775. The molecule has 3 nitrogen and oxygen atoms in total. The molecule has 0 amide bonds. The van der Waals surface area contributed by atoms with E-state index in [1.807, 2.05) is 0 Å². The summed E-state index contributed by atoms with van der Waals surface area (Å²) in [5.74, 6) is 0. The third kappa shape index (κ3) is 2.69. The number of rotatable bonds is 2.